The van der Waals surface area contributed by atoms with Gasteiger partial charge in [-0.2, -0.15) is 0 Å². The fourth-order valence-corrected chi connectivity index (χ4v) is 5.29. The van der Waals surface area contributed by atoms with E-state index in [1.165, 1.54) is 6.04 Å². The number of unbranched alkanes of at least 4 members (excludes halogenated alkanes) is 1. The lowest BCUT2D eigenvalue weighted by atomic mass is 10.3. The van der Waals surface area contributed by atoms with Crippen LogP contribution in [0.1, 0.15) is 33.1 Å². The second kappa shape index (κ2) is 9.76. The largest absolute Gasteiger partial charge is 0.519 e. The Labute approximate surface area is 133 Å². The third-order valence-corrected chi connectivity index (χ3v) is 6.61. The van der Waals surface area contributed by atoms with Crippen LogP contribution in [0.5, 0.6) is 0 Å². The molecule has 6 heteroatoms. The van der Waals surface area contributed by atoms with Gasteiger partial charge in [0.25, 0.3) is 0 Å². The van der Waals surface area contributed by atoms with Crippen molar-refractivity contribution in [3.63, 3.8) is 0 Å². The maximum Gasteiger partial charge on any atom is 0.306 e. The minimum Gasteiger partial charge on any atom is -0.519 e. The number of nitrogens with one attached hydrogen (secondary N) is 1. The van der Waals surface area contributed by atoms with Crippen LogP contribution in [0.25, 0.3) is 0 Å². The fourth-order valence-electron chi connectivity index (χ4n) is 2.06. The lowest BCUT2D eigenvalue weighted by molar-refractivity contribution is -0.134. The summed E-state index contributed by atoms with van der Waals surface area (Å²) in [4.78, 5) is 11.5. The molecular weight excluding hydrogens is 298 g/mol. The molecule has 0 bridgehead atoms. The highest BCUT2D eigenvalue weighted by Gasteiger charge is 2.23. The van der Waals surface area contributed by atoms with Gasteiger partial charge in [0.05, 0.1) is 6.54 Å². The van der Waals surface area contributed by atoms with Crippen LogP contribution in [0.3, 0.4) is 0 Å². The highest BCUT2D eigenvalue weighted by molar-refractivity contribution is 6.71. The van der Waals surface area contributed by atoms with Crippen molar-refractivity contribution >= 4 is 22.6 Å². The maximum absolute atomic E-state index is 11.5. The smallest absolute Gasteiger partial charge is 0.306 e. The highest BCUT2D eigenvalue weighted by Crippen LogP contribution is 2.18. The van der Waals surface area contributed by atoms with Gasteiger partial charge >= 0.3 is 5.97 Å². The molecule has 1 unspecified atom stereocenters. The maximum atomic E-state index is 11.5. The van der Waals surface area contributed by atoms with E-state index in [1.807, 2.05) is 19.6 Å². The van der Waals surface area contributed by atoms with Gasteiger partial charge in [-0.3, -0.25) is 4.79 Å². The zero-order chi connectivity index (χ0) is 16.5. The van der Waals surface area contributed by atoms with E-state index in [-0.39, 0.29) is 5.97 Å². The summed E-state index contributed by atoms with van der Waals surface area (Å²) in [6, 6.07) is 1.18. The molecule has 1 N–H and O–H groups in total. The molecule has 1 atom stereocenters. The zero-order valence-electron chi connectivity index (χ0n) is 15.0. The van der Waals surface area contributed by atoms with Crippen LogP contribution in [-0.2, 0) is 13.6 Å². The quantitative estimate of drug-likeness (QED) is 0.462. The van der Waals surface area contributed by atoms with E-state index in [2.05, 4.69) is 32.3 Å². The molecule has 0 aromatic rings. The van der Waals surface area contributed by atoms with Gasteiger partial charge in [-0.05, 0) is 65.1 Å². The number of carbonyl (C=O) groups excluding carboxylic acids is 1. The Balaban J connectivity index is 3.66. The average molecular weight is 334 g/mol. The second-order valence-corrected chi connectivity index (χ2v) is 16.0. The lowest BCUT2D eigenvalue weighted by Gasteiger charge is -2.26. The van der Waals surface area contributed by atoms with Crippen molar-refractivity contribution in [2.24, 2.45) is 0 Å². The van der Waals surface area contributed by atoms with Gasteiger partial charge in [-0.25, -0.2) is 0 Å². The summed E-state index contributed by atoms with van der Waals surface area (Å²) >= 11 is 0. The topological polar surface area (TPSA) is 47.6 Å². The SMILES string of the molecule is CCC(C)O[Si](C)(C)CCCCNCC(=O)O[Si](C)(C)C. The first-order valence-electron chi connectivity index (χ1n) is 8.16. The second-order valence-electron chi connectivity index (χ2n) is 7.32. The Kier molecular flexibility index (Phi) is 9.68. The van der Waals surface area contributed by atoms with Crippen LogP contribution in [-0.4, -0.2) is 41.8 Å². The molecule has 0 saturated carbocycles. The first kappa shape index (κ1) is 20.8. The van der Waals surface area contributed by atoms with Gasteiger partial charge < -0.3 is 14.2 Å². The van der Waals surface area contributed by atoms with Crippen molar-refractivity contribution < 1.29 is 13.6 Å². The zero-order valence-corrected chi connectivity index (χ0v) is 17.0. The monoisotopic (exact) mass is 333 g/mol. The van der Waals surface area contributed by atoms with Gasteiger partial charge in [0.2, 0.25) is 8.32 Å². The highest BCUT2D eigenvalue weighted by atomic mass is 28.4. The molecule has 21 heavy (non-hydrogen) atoms. The Morgan fingerprint density at radius 3 is 2.29 bits per heavy atom. The third-order valence-electron chi connectivity index (χ3n) is 3.17. The van der Waals surface area contributed by atoms with E-state index in [9.17, 15) is 4.79 Å². The van der Waals surface area contributed by atoms with E-state index < -0.39 is 16.6 Å². The van der Waals surface area contributed by atoms with Gasteiger partial charge in [0, 0.05) is 6.10 Å². The van der Waals surface area contributed by atoms with E-state index in [1.54, 1.807) is 0 Å². The molecule has 0 rings (SSSR count). The summed E-state index contributed by atoms with van der Waals surface area (Å²) < 4.78 is 11.5. The van der Waals surface area contributed by atoms with Crippen molar-refractivity contribution in [2.45, 2.75) is 78.0 Å². The first-order valence-corrected chi connectivity index (χ1v) is 14.7. The molecule has 0 aliphatic heterocycles. The molecule has 0 fully saturated rings. The van der Waals surface area contributed by atoms with Crippen LogP contribution in [0.2, 0.25) is 38.8 Å². The number of rotatable bonds is 11. The van der Waals surface area contributed by atoms with Crippen molar-refractivity contribution in [3.05, 3.63) is 0 Å². The summed E-state index contributed by atoms with van der Waals surface area (Å²) in [5.41, 5.74) is 0. The molecule has 0 amide bonds. The molecule has 0 aromatic carbocycles. The number of hydrogen-bond acceptors (Lipinski definition) is 4. The minimum atomic E-state index is -1.74. The van der Waals surface area contributed by atoms with E-state index in [4.69, 9.17) is 8.85 Å². The Morgan fingerprint density at radius 1 is 1.14 bits per heavy atom. The molecule has 126 valence electrons. The fraction of sp³-hybridized carbons (Fsp3) is 0.933. The lowest BCUT2D eigenvalue weighted by Crippen LogP contribution is -2.35. The van der Waals surface area contributed by atoms with Crippen LogP contribution in [0.15, 0.2) is 0 Å². The van der Waals surface area contributed by atoms with Gasteiger partial charge in [0.1, 0.15) is 0 Å². The van der Waals surface area contributed by atoms with Gasteiger partial charge in [-0.15, -0.1) is 0 Å². The first-order chi connectivity index (χ1) is 9.56. The van der Waals surface area contributed by atoms with Crippen LogP contribution < -0.4 is 5.32 Å². The summed E-state index contributed by atoms with van der Waals surface area (Å²) in [6.45, 7) is 16.2. The summed E-state index contributed by atoms with van der Waals surface area (Å²) in [6.07, 6.45) is 3.70. The van der Waals surface area contributed by atoms with Crippen molar-refractivity contribution in [3.8, 4) is 0 Å². The predicted molar refractivity (Wildman–Crippen MR) is 94.7 cm³/mol. The number of carbonyl (C=O) groups is 1. The van der Waals surface area contributed by atoms with Crippen LogP contribution in [0, 0.1) is 0 Å². The molecular formula is C15H35NO3Si2. The standard InChI is InChI=1S/C15H35NO3Si2/c1-8-14(2)18-21(6,7)12-10-9-11-16-13-15(17)19-20(3,4)5/h14,16H,8-13H2,1-7H3. The molecule has 0 saturated heterocycles. The Bertz CT molecular complexity index is 304. The average Bonchev–Trinajstić information content (AvgIpc) is 2.30. The normalized spacial score (nSPS) is 14.0. The Hall–Kier alpha value is -0.176. The van der Waals surface area contributed by atoms with Crippen molar-refractivity contribution in [1.82, 2.24) is 5.32 Å². The van der Waals surface area contributed by atoms with E-state index in [0.29, 0.717) is 12.6 Å². The van der Waals surface area contributed by atoms with Crippen molar-refractivity contribution in [1.29, 1.82) is 0 Å². The molecule has 0 aliphatic rings. The van der Waals surface area contributed by atoms with E-state index >= 15 is 0 Å². The third kappa shape index (κ3) is 13.2. The summed E-state index contributed by atoms with van der Waals surface area (Å²) in [7, 11) is -3.26. The molecule has 0 aliphatic carbocycles. The minimum absolute atomic E-state index is 0.121. The Morgan fingerprint density at radius 2 is 1.76 bits per heavy atom. The number of hydrogen-bond donors (Lipinski definition) is 1. The van der Waals surface area contributed by atoms with Crippen molar-refractivity contribution in [2.75, 3.05) is 13.1 Å². The van der Waals surface area contributed by atoms with Crippen LogP contribution >= 0.6 is 0 Å². The molecule has 0 aromatic heterocycles. The molecule has 0 heterocycles. The molecule has 0 spiro atoms. The summed E-state index contributed by atoms with van der Waals surface area (Å²) in [5.74, 6) is -0.121. The summed E-state index contributed by atoms with van der Waals surface area (Å²) in [5, 5.41) is 3.17. The molecule has 4 nitrogen and oxygen atoms in total. The molecule has 0 radical (unpaired) electrons. The van der Waals surface area contributed by atoms with Gasteiger partial charge in [-0.1, -0.05) is 13.3 Å². The predicted octanol–water partition coefficient (Wildman–Crippen LogP) is 3.75. The van der Waals surface area contributed by atoms with Crippen LogP contribution in [0.4, 0.5) is 0 Å². The van der Waals surface area contributed by atoms with Gasteiger partial charge in [0.15, 0.2) is 8.32 Å². The van der Waals surface area contributed by atoms with E-state index in [0.717, 1.165) is 25.8 Å².